The van der Waals surface area contributed by atoms with Crippen molar-refractivity contribution in [1.82, 2.24) is 5.32 Å². The van der Waals surface area contributed by atoms with Crippen molar-refractivity contribution < 1.29 is 9.53 Å². The van der Waals surface area contributed by atoms with E-state index in [0.29, 0.717) is 13.2 Å². The van der Waals surface area contributed by atoms with Crippen molar-refractivity contribution in [2.45, 2.75) is 13.0 Å². The topological polar surface area (TPSA) is 38.3 Å². The van der Waals surface area contributed by atoms with Crippen LogP contribution in [0, 0.1) is 12.3 Å². The molecular formula is C13H13Br2NO2. The molecule has 1 atom stereocenters. The molecule has 0 aliphatic rings. The summed E-state index contributed by atoms with van der Waals surface area (Å²) >= 11 is 6.79. The highest BCUT2D eigenvalue weighted by Gasteiger charge is 2.21. The van der Waals surface area contributed by atoms with E-state index < -0.39 is 6.04 Å². The number of carbonyl (C=O) groups is 1. The Morgan fingerprint density at radius 2 is 2.22 bits per heavy atom. The van der Waals surface area contributed by atoms with Crippen LogP contribution in [0.5, 0.6) is 0 Å². The van der Waals surface area contributed by atoms with Crippen molar-refractivity contribution in [1.29, 1.82) is 0 Å². The van der Waals surface area contributed by atoms with Crippen molar-refractivity contribution >= 4 is 37.8 Å². The van der Waals surface area contributed by atoms with E-state index in [-0.39, 0.29) is 5.97 Å². The van der Waals surface area contributed by atoms with Gasteiger partial charge in [-0.3, -0.25) is 5.32 Å². The van der Waals surface area contributed by atoms with E-state index in [1.165, 1.54) is 0 Å². The van der Waals surface area contributed by atoms with Crippen LogP contribution < -0.4 is 5.32 Å². The Morgan fingerprint density at radius 3 is 2.78 bits per heavy atom. The molecule has 0 saturated heterocycles. The number of ether oxygens (including phenoxy) is 1. The summed E-state index contributed by atoms with van der Waals surface area (Å²) < 4.78 is 6.82. The van der Waals surface area contributed by atoms with Crippen molar-refractivity contribution in [3.8, 4) is 12.3 Å². The lowest BCUT2D eigenvalue weighted by Gasteiger charge is -2.16. The van der Waals surface area contributed by atoms with Crippen LogP contribution in [0.2, 0.25) is 0 Å². The number of nitrogens with one attached hydrogen (secondary N) is 1. The minimum Gasteiger partial charge on any atom is -0.465 e. The van der Waals surface area contributed by atoms with Crippen LogP contribution in [0.1, 0.15) is 18.5 Å². The molecule has 0 saturated carbocycles. The molecule has 3 nitrogen and oxygen atoms in total. The highest BCUT2D eigenvalue weighted by atomic mass is 79.9. The first kappa shape index (κ1) is 15.2. The number of esters is 1. The van der Waals surface area contributed by atoms with Crippen molar-refractivity contribution in [2.24, 2.45) is 0 Å². The molecule has 96 valence electrons. The van der Waals surface area contributed by atoms with Gasteiger partial charge in [0.2, 0.25) is 0 Å². The molecule has 1 N–H and O–H groups in total. The van der Waals surface area contributed by atoms with Gasteiger partial charge in [-0.1, -0.05) is 12.0 Å². The second-order valence-electron chi connectivity index (χ2n) is 3.44. The summed E-state index contributed by atoms with van der Waals surface area (Å²) in [4.78, 5) is 11.9. The molecule has 0 aliphatic heterocycles. The minimum atomic E-state index is -0.551. The monoisotopic (exact) mass is 373 g/mol. The van der Waals surface area contributed by atoms with E-state index in [9.17, 15) is 4.79 Å². The molecule has 0 spiro atoms. The lowest BCUT2D eigenvalue weighted by molar-refractivity contribution is -0.145. The second-order valence-corrected chi connectivity index (χ2v) is 5.15. The predicted octanol–water partition coefficient (Wildman–Crippen LogP) is 3.04. The first-order chi connectivity index (χ1) is 8.60. The van der Waals surface area contributed by atoms with Gasteiger partial charge < -0.3 is 4.74 Å². The summed E-state index contributed by atoms with van der Waals surface area (Å²) in [5.41, 5.74) is 0.804. The highest BCUT2D eigenvalue weighted by molar-refractivity contribution is 9.13. The number of carbonyl (C=O) groups excluding carboxylic acids is 1. The van der Waals surface area contributed by atoms with Gasteiger partial charge in [0, 0.05) is 8.95 Å². The average molecular weight is 375 g/mol. The molecule has 1 aromatic carbocycles. The van der Waals surface area contributed by atoms with Crippen molar-refractivity contribution in [3.05, 3.63) is 32.7 Å². The zero-order chi connectivity index (χ0) is 13.5. The van der Waals surface area contributed by atoms with Gasteiger partial charge in [-0.15, -0.1) is 6.42 Å². The maximum atomic E-state index is 11.9. The Morgan fingerprint density at radius 1 is 1.50 bits per heavy atom. The van der Waals surface area contributed by atoms with Gasteiger partial charge in [0.1, 0.15) is 6.04 Å². The molecule has 1 unspecified atom stereocenters. The van der Waals surface area contributed by atoms with Gasteiger partial charge >= 0.3 is 5.97 Å². The third-order valence-electron chi connectivity index (χ3n) is 2.21. The van der Waals surface area contributed by atoms with Gasteiger partial charge in [0.05, 0.1) is 13.2 Å². The second kappa shape index (κ2) is 7.57. The van der Waals surface area contributed by atoms with Gasteiger partial charge in [-0.2, -0.15) is 0 Å². The third-order valence-corrected chi connectivity index (χ3v) is 4.09. The van der Waals surface area contributed by atoms with E-state index in [2.05, 4.69) is 43.1 Å². The number of benzene rings is 1. The minimum absolute atomic E-state index is 0.303. The summed E-state index contributed by atoms with van der Waals surface area (Å²) in [6.45, 7) is 2.41. The van der Waals surface area contributed by atoms with Crippen LogP contribution in [0.4, 0.5) is 0 Å². The fourth-order valence-corrected chi connectivity index (χ4v) is 2.06. The fraction of sp³-hybridized carbons (Fsp3) is 0.308. The van der Waals surface area contributed by atoms with Crippen molar-refractivity contribution in [2.75, 3.05) is 13.2 Å². The summed E-state index contributed by atoms with van der Waals surface area (Å²) in [5, 5.41) is 2.97. The summed E-state index contributed by atoms with van der Waals surface area (Å²) in [7, 11) is 0. The number of hydrogen-bond acceptors (Lipinski definition) is 3. The first-order valence-corrected chi connectivity index (χ1v) is 6.97. The maximum Gasteiger partial charge on any atom is 0.327 e. The van der Waals surface area contributed by atoms with Crippen LogP contribution in [-0.4, -0.2) is 19.1 Å². The number of hydrogen-bond donors (Lipinski definition) is 1. The SMILES string of the molecule is C#CCNC(C(=O)OCC)c1ccc(Br)c(Br)c1. The summed E-state index contributed by atoms with van der Waals surface area (Å²) in [6, 6.07) is 5.02. The molecule has 0 heterocycles. The lowest BCUT2D eigenvalue weighted by atomic mass is 10.1. The summed E-state index contributed by atoms with van der Waals surface area (Å²) in [6.07, 6.45) is 5.20. The average Bonchev–Trinajstić information content (AvgIpc) is 2.34. The van der Waals surface area contributed by atoms with E-state index in [1.54, 1.807) is 6.92 Å². The molecule has 0 fully saturated rings. The Kier molecular flexibility index (Phi) is 6.41. The van der Waals surface area contributed by atoms with Crippen LogP contribution in [0.25, 0.3) is 0 Å². The molecule has 18 heavy (non-hydrogen) atoms. The molecule has 0 radical (unpaired) electrons. The molecule has 0 aromatic heterocycles. The molecule has 1 aromatic rings. The predicted molar refractivity (Wildman–Crippen MR) is 78.1 cm³/mol. The Bertz CT molecular complexity index is 469. The van der Waals surface area contributed by atoms with Crippen LogP contribution in [-0.2, 0) is 9.53 Å². The molecule has 0 aliphatic carbocycles. The largest absolute Gasteiger partial charge is 0.465 e. The highest BCUT2D eigenvalue weighted by Crippen LogP contribution is 2.27. The Hall–Kier alpha value is -0.830. The Labute approximate surface area is 124 Å². The van der Waals surface area contributed by atoms with E-state index in [4.69, 9.17) is 11.2 Å². The maximum absolute atomic E-state index is 11.9. The molecule has 1 rings (SSSR count). The standard InChI is InChI=1S/C13H13Br2NO2/c1-3-7-16-12(13(17)18-4-2)9-5-6-10(14)11(15)8-9/h1,5-6,8,12,16H,4,7H2,2H3. The normalized spacial score (nSPS) is 11.7. The lowest BCUT2D eigenvalue weighted by Crippen LogP contribution is -2.30. The molecular weight excluding hydrogens is 362 g/mol. The number of halogens is 2. The number of terminal acetylenes is 1. The molecule has 5 heteroatoms. The van der Waals surface area contributed by atoms with Gasteiger partial charge in [0.15, 0.2) is 0 Å². The van der Waals surface area contributed by atoms with E-state index in [1.807, 2.05) is 18.2 Å². The zero-order valence-corrected chi connectivity index (χ0v) is 13.0. The summed E-state index contributed by atoms with van der Waals surface area (Å²) in [5.74, 6) is 2.12. The van der Waals surface area contributed by atoms with Gasteiger partial charge in [-0.25, -0.2) is 4.79 Å². The molecule has 0 bridgehead atoms. The van der Waals surface area contributed by atoms with Crippen LogP contribution >= 0.6 is 31.9 Å². The zero-order valence-electron chi connectivity index (χ0n) is 9.87. The van der Waals surface area contributed by atoms with Crippen LogP contribution in [0.15, 0.2) is 27.1 Å². The Balaban J connectivity index is 2.97. The fourth-order valence-electron chi connectivity index (χ4n) is 1.42. The quantitative estimate of drug-likeness (QED) is 0.635. The van der Waals surface area contributed by atoms with Gasteiger partial charge in [-0.05, 0) is 56.5 Å². The number of rotatable bonds is 5. The van der Waals surface area contributed by atoms with E-state index in [0.717, 1.165) is 14.5 Å². The first-order valence-electron chi connectivity index (χ1n) is 5.38. The third kappa shape index (κ3) is 4.13. The molecule has 0 amide bonds. The smallest absolute Gasteiger partial charge is 0.327 e. The van der Waals surface area contributed by atoms with E-state index >= 15 is 0 Å². The van der Waals surface area contributed by atoms with Crippen molar-refractivity contribution in [3.63, 3.8) is 0 Å². The van der Waals surface area contributed by atoms with Gasteiger partial charge in [0.25, 0.3) is 0 Å². The van der Waals surface area contributed by atoms with Crippen LogP contribution in [0.3, 0.4) is 0 Å².